The van der Waals surface area contributed by atoms with Gasteiger partial charge in [-0.25, -0.2) is 23.9 Å². The second-order valence-corrected chi connectivity index (χ2v) is 13.4. The van der Waals surface area contributed by atoms with E-state index < -0.39 is 40.7 Å². The van der Waals surface area contributed by atoms with Crippen LogP contribution in [0.2, 0.25) is 5.02 Å². The Morgan fingerprint density at radius 3 is 2.30 bits per heavy atom. The van der Waals surface area contributed by atoms with E-state index >= 15 is 0 Å². The number of imidazole rings is 1. The predicted octanol–water partition coefficient (Wildman–Crippen LogP) is 4.85. The van der Waals surface area contributed by atoms with E-state index in [-0.39, 0.29) is 23.6 Å². The number of carbonyl (C=O) groups excluding carboxylic acids is 2. The van der Waals surface area contributed by atoms with Crippen LogP contribution in [0, 0.1) is 5.92 Å². The second-order valence-electron chi connectivity index (χ2n) is 13.0. The number of amides is 1. The van der Waals surface area contributed by atoms with Crippen molar-refractivity contribution in [3.63, 3.8) is 0 Å². The van der Waals surface area contributed by atoms with Crippen LogP contribution in [0.4, 0.5) is 9.59 Å². The summed E-state index contributed by atoms with van der Waals surface area (Å²) < 4.78 is 16.4. The van der Waals surface area contributed by atoms with Gasteiger partial charge in [-0.1, -0.05) is 17.7 Å². The lowest BCUT2D eigenvalue weighted by molar-refractivity contribution is 0.0491. The molecule has 0 spiro atoms. The molecule has 4 aromatic rings. The summed E-state index contributed by atoms with van der Waals surface area (Å²) in [4.78, 5) is 58.3. The van der Waals surface area contributed by atoms with E-state index in [1.54, 1.807) is 77.4 Å². The number of aryl methyl sites for hydroxylation is 2. The number of hydrogen-bond donors (Lipinski definition) is 1. The van der Waals surface area contributed by atoms with E-state index in [1.165, 1.54) is 16.2 Å². The largest absolute Gasteiger partial charge is 0.444 e. The zero-order valence-corrected chi connectivity index (χ0v) is 26.4. The van der Waals surface area contributed by atoms with Crippen molar-refractivity contribution in [1.29, 1.82) is 0 Å². The first-order chi connectivity index (χ1) is 20.0. The lowest BCUT2D eigenvalue weighted by Gasteiger charge is -2.23. The lowest BCUT2D eigenvalue weighted by Crippen LogP contribution is -2.40. The summed E-state index contributed by atoms with van der Waals surface area (Å²) in [5.41, 5.74) is -1.45. The van der Waals surface area contributed by atoms with Gasteiger partial charge in [0, 0.05) is 24.5 Å². The maximum absolute atomic E-state index is 14.0. The molecule has 1 N–H and O–H groups in total. The number of hydrogen-bond acceptors (Lipinski definition) is 7. The fraction of sp³-hybridized carbons (Fsp3) is 0.500. The highest BCUT2D eigenvalue weighted by Crippen LogP contribution is 2.41. The average molecular weight is 613 g/mol. The molecular formula is C30H37ClN6O6. The number of nitrogens with one attached hydrogen (secondary N) is 1. The molecule has 0 radical (unpaired) electrons. The van der Waals surface area contributed by atoms with E-state index in [2.05, 4.69) is 10.3 Å². The minimum absolute atomic E-state index is 0.122. The average Bonchev–Trinajstić information content (AvgIpc) is 3.56. The van der Waals surface area contributed by atoms with Gasteiger partial charge in [-0.05, 0) is 78.5 Å². The molecule has 3 aromatic heterocycles. The quantitative estimate of drug-likeness (QED) is 0.341. The number of rotatable bonds is 5. The summed E-state index contributed by atoms with van der Waals surface area (Å²) in [5, 5.41) is 3.91. The summed E-state index contributed by atoms with van der Waals surface area (Å²) in [6, 6.07) is 6.31. The molecule has 1 aliphatic carbocycles. The normalized spacial score (nSPS) is 14.7. The molecule has 12 nitrogen and oxygen atoms in total. The van der Waals surface area contributed by atoms with Gasteiger partial charge in [0.25, 0.3) is 5.56 Å². The SMILES string of the molecule is Cn1c(C(NC(=O)OC(C)(C)C)C2CC2)nc2c1c(=O)n(Cc1cc3c(Cl)cccc3n1C(=O)OC(C)(C)C)c(=O)n2C. The van der Waals surface area contributed by atoms with E-state index in [0.29, 0.717) is 27.4 Å². The van der Waals surface area contributed by atoms with Crippen molar-refractivity contribution >= 4 is 45.9 Å². The smallest absolute Gasteiger partial charge is 0.419 e. The van der Waals surface area contributed by atoms with Crippen LogP contribution in [0.25, 0.3) is 22.1 Å². The molecule has 1 saturated carbocycles. The lowest BCUT2D eigenvalue weighted by atomic mass is 10.1. The van der Waals surface area contributed by atoms with Crippen LogP contribution < -0.4 is 16.6 Å². The van der Waals surface area contributed by atoms with E-state index in [9.17, 15) is 19.2 Å². The zero-order chi connectivity index (χ0) is 31.6. The Hall–Kier alpha value is -4.06. The fourth-order valence-corrected chi connectivity index (χ4v) is 5.41. The van der Waals surface area contributed by atoms with Crippen LogP contribution in [0.5, 0.6) is 0 Å². The van der Waals surface area contributed by atoms with Crippen molar-refractivity contribution in [2.24, 2.45) is 20.0 Å². The molecule has 3 heterocycles. The molecule has 1 aliphatic rings. The monoisotopic (exact) mass is 612 g/mol. The molecule has 1 unspecified atom stereocenters. The number of benzene rings is 1. The number of fused-ring (bicyclic) bond motifs is 2. The van der Waals surface area contributed by atoms with Crippen molar-refractivity contribution < 1.29 is 19.1 Å². The van der Waals surface area contributed by atoms with Gasteiger partial charge in [-0.2, -0.15) is 0 Å². The molecule has 1 amide bonds. The van der Waals surface area contributed by atoms with Gasteiger partial charge in [0.2, 0.25) is 0 Å². The molecule has 5 rings (SSSR count). The molecule has 230 valence electrons. The first-order valence-electron chi connectivity index (χ1n) is 14.1. The van der Waals surface area contributed by atoms with E-state index in [4.69, 9.17) is 21.1 Å². The number of alkyl carbamates (subject to hydrolysis) is 1. The molecule has 1 atom stereocenters. The van der Waals surface area contributed by atoms with Crippen LogP contribution in [-0.4, -0.2) is 46.6 Å². The molecule has 0 saturated heterocycles. The first-order valence-corrected chi connectivity index (χ1v) is 14.5. The Morgan fingerprint density at radius 2 is 1.70 bits per heavy atom. The Balaban J connectivity index is 1.62. The Kier molecular flexibility index (Phi) is 7.48. The molecule has 0 aliphatic heterocycles. The molecule has 0 bridgehead atoms. The molecule has 1 aromatic carbocycles. The topological polar surface area (TPSA) is 131 Å². The minimum Gasteiger partial charge on any atom is -0.444 e. The minimum atomic E-state index is -0.786. The second kappa shape index (κ2) is 10.6. The van der Waals surface area contributed by atoms with Crippen LogP contribution in [-0.2, 0) is 30.1 Å². The van der Waals surface area contributed by atoms with Crippen LogP contribution in [0.1, 0.15) is 71.9 Å². The third kappa shape index (κ3) is 5.93. The van der Waals surface area contributed by atoms with E-state index in [0.717, 1.165) is 17.4 Å². The van der Waals surface area contributed by atoms with Crippen LogP contribution in [0.15, 0.2) is 33.9 Å². The van der Waals surface area contributed by atoms with Gasteiger partial charge in [-0.3, -0.25) is 13.9 Å². The van der Waals surface area contributed by atoms with Gasteiger partial charge in [-0.15, -0.1) is 0 Å². The highest BCUT2D eigenvalue weighted by atomic mass is 35.5. The fourth-order valence-electron chi connectivity index (χ4n) is 5.19. The number of aromatic nitrogens is 5. The number of halogens is 1. The Labute approximate surface area is 253 Å². The van der Waals surface area contributed by atoms with Gasteiger partial charge >= 0.3 is 17.9 Å². The Bertz CT molecular complexity index is 1880. The number of ether oxygens (including phenoxy) is 2. The van der Waals surface area contributed by atoms with Gasteiger partial charge in [0.05, 0.1) is 23.8 Å². The van der Waals surface area contributed by atoms with Crippen molar-refractivity contribution in [2.45, 2.75) is 78.2 Å². The van der Waals surface area contributed by atoms with Gasteiger partial charge < -0.3 is 19.4 Å². The summed E-state index contributed by atoms with van der Waals surface area (Å²) in [7, 11) is 3.22. The molecule has 1 fully saturated rings. The highest BCUT2D eigenvalue weighted by Gasteiger charge is 2.38. The first kappa shape index (κ1) is 30.4. The van der Waals surface area contributed by atoms with Crippen molar-refractivity contribution in [3.8, 4) is 0 Å². The van der Waals surface area contributed by atoms with Crippen LogP contribution >= 0.6 is 11.6 Å². The van der Waals surface area contributed by atoms with Gasteiger partial charge in [0.1, 0.15) is 17.0 Å². The summed E-state index contributed by atoms with van der Waals surface area (Å²) >= 11 is 6.45. The predicted molar refractivity (Wildman–Crippen MR) is 163 cm³/mol. The molecule has 13 heteroatoms. The molecule has 43 heavy (non-hydrogen) atoms. The van der Waals surface area contributed by atoms with E-state index in [1.807, 2.05) is 0 Å². The van der Waals surface area contributed by atoms with Gasteiger partial charge in [0.15, 0.2) is 11.2 Å². The number of carbonyl (C=O) groups is 2. The standard InChI is InChI=1S/C30H37ClN6O6/c1-29(2,3)42-26(39)32-21(16-12-13-16)23-33-24-22(34(23)7)25(38)36(27(40)35(24)8)15-17-14-18-19(31)10-9-11-20(18)37(17)28(41)43-30(4,5)6/h9-11,14,16,21H,12-13,15H2,1-8H3,(H,32,39). The summed E-state index contributed by atoms with van der Waals surface area (Å²) in [5.74, 6) is 0.569. The highest BCUT2D eigenvalue weighted by molar-refractivity contribution is 6.35. The van der Waals surface area contributed by atoms with Crippen LogP contribution in [0.3, 0.4) is 0 Å². The maximum Gasteiger partial charge on any atom is 0.419 e. The maximum atomic E-state index is 14.0. The third-order valence-corrected chi connectivity index (χ3v) is 7.53. The molecular weight excluding hydrogens is 576 g/mol. The Morgan fingerprint density at radius 1 is 1.05 bits per heavy atom. The third-order valence-electron chi connectivity index (χ3n) is 7.20. The summed E-state index contributed by atoms with van der Waals surface area (Å²) in [6.45, 7) is 10.4. The van der Waals surface area contributed by atoms with Crippen molar-refractivity contribution in [1.82, 2.24) is 28.6 Å². The van der Waals surface area contributed by atoms with Crippen molar-refractivity contribution in [3.05, 3.63) is 61.6 Å². The summed E-state index contributed by atoms with van der Waals surface area (Å²) in [6.07, 6.45) is 0.514. The zero-order valence-electron chi connectivity index (χ0n) is 25.6. The van der Waals surface area contributed by atoms with Crippen molar-refractivity contribution in [2.75, 3.05) is 0 Å². The number of nitrogens with zero attached hydrogens (tertiary/aromatic N) is 5.